The summed E-state index contributed by atoms with van der Waals surface area (Å²) in [4.78, 5) is 12.8. The summed E-state index contributed by atoms with van der Waals surface area (Å²) in [6, 6.07) is 4.60. The Morgan fingerprint density at radius 1 is 1.30 bits per heavy atom. The Balaban J connectivity index is 2.06. The zero-order valence-corrected chi connectivity index (χ0v) is 13.8. The molecule has 108 valence electrons. The molecule has 0 saturated heterocycles. The molecule has 0 bridgehead atoms. The fraction of sp³-hybridized carbons (Fsp3) is 0.500. The predicted molar refractivity (Wildman–Crippen MR) is 85.1 cm³/mol. The van der Waals surface area contributed by atoms with Gasteiger partial charge in [0.1, 0.15) is 0 Å². The van der Waals surface area contributed by atoms with Crippen molar-refractivity contribution in [1.29, 1.82) is 0 Å². The predicted octanol–water partition coefficient (Wildman–Crippen LogP) is 3.91. The van der Waals surface area contributed by atoms with Crippen LogP contribution in [0.4, 0.5) is 0 Å². The van der Waals surface area contributed by atoms with E-state index in [1.165, 1.54) is 16.1 Å². The number of aromatic nitrogens is 2. The first-order valence-electron chi connectivity index (χ1n) is 7.09. The minimum atomic E-state index is 0.313. The lowest BCUT2D eigenvalue weighted by molar-refractivity contribution is 0.245. The van der Waals surface area contributed by atoms with E-state index in [1.807, 2.05) is 6.20 Å². The first kappa shape index (κ1) is 15.1. The van der Waals surface area contributed by atoms with Crippen molar-refractivity contribution in [2.45, 2.75) is 46.7 Å². The third-order valence-corrected chi connectivity index (χ3v) is 4.60. The van der Waals surface area contributed by atoms with Crippen molar-refractivity contribution in [2.24, 2.45) is 0 Å². The van der Waals surface area contributed by atoms with Crippen LogP contribution in [0.3, 0.4) is 0 Å². The fourth-order valence-corrected chi connectivity index (χ4v) is 3.20. The van der Waals surface area contributed by atoms with Crippen molar-refractivity contribution in [3.8, 4) is 0 Å². The van der Waals surface area contributed by atoms with Gasteiger partial charge in [-0.05, 0) is 45.9 Å². The van der Waals surface area contributed by atoms with Crippen molar-refractivity contribution < 1.29 is 0 Å². The number of hydrogen-bond acceptors (Lipinski definition) is 4. The largest absolute Gasteiger partial charge is 0.292 e. The van der Waals surface area contributed by atoms with Gasteiger partial charge in [0.2, 0.25) is 0 Å². The average molecular weight is 289 g/mol. The van der Waals surface area contributed by atoms with Gasteiger partial charge in [-0.1, -0.05) is 13.0 Å². The third-order valence-electron chi connectivity index (χ3n) is 3.70. The second kappa shape index (κ2) is 6.46. The Bertz CT molecular complexity index is 560. The quantitative estimate of drug-likeness (QED) is 0.835. The maximum absolute atomic E-state index is 4.66. The van der Waals surface area contributed by atoms with E-state index in [4.69, 9.17) is 0 Å². The van der Waals surface area contributed by atoms with Crippen LogP contribution in [0.1, 0.15) is 46.7 Å². The number of aryl methyl sites for hydroxylation is 3. The van der Waals surface area contributed by atoms with Crippen LogP contribution in [0.2, 0.25) is 0 Å². The normalized spacial score (nSPS) is 12.9. The van der Waals surface area contributed by atoms with Crippen molar-refractivity contribution in [3.05, 3.63) is 45.2 Å². The molecule has 2 heterocycles. The van der Waals surface area contributed by atoms with Gasteiger partial charge in [-0.2, -0.15) is 0 Å². The molecule has 0 aliphatic carbocycles. The van der Waals surface area contributed by atoms with Gasteiger partial charge in [0, 0.05) is 17.6 Å². The lowest BCUT2D eigenvalue weighted by atomic mass is 10.1. The first-order chi connectivity index (χ1) is 9.51. The fourth-order valence-electron chi connectivity index (χ4n) is 2.29. The highest BCUT2D eigenvalue weighted by atomic mass is 32.1. The summed E-state index contributed by atoms with van der Waals surface area (Å²) >= 11 is 1.77. The van der Waals surface area contributed by atoms with Gasteiger partial charge in [0.25, 0.3) is 0 Å². The number of thiazole rings is 1. The van der Waals surface area contributed by atoms with Crippen LogP contribution in [0.15, 0.2) is 18.3 Å². The van der Waals surface area contributed by atoms with Crippen LogP contribution >= 0.6 is 11.3 Å². The van der Waals surface area contributed by atoms with Crippen LogP contribution in [-0.4, -0.2) is 21.9 Å². The second-order valence-corrected chi connectivity index (χ2v) is 6.68. The van der Waals surface area contributed by atoms with E-state index < -0.39 is 0 Å². The van der Waals surface area contributed by atoms with Crippen LogP contribution in [0.5, 0.6) is 0 Å². The second-order valence-electron chi connectivity index (χ2n) is 5.28. The van der Waals surface area contributed by atoms with Gasteiger partial charge in [0.05, 0.1) is 22.4 Å². The van der Waals surface area contributed by atoms with E-state index in [-0.39, 0.29) is 0 Å². The summed E-state index contributed by atoms with van der Waals surface area (Å²) in [6.07, 6.45) is 3.02. The molecule has 1 unspecified atom stereocenters. The molecule has 1 atom stereocenters. The Labute approximate surface area is 125 Å². The molecule has 0 aromatic carbocycles. The molecule has 0 saturated carbocycles. The third kappa shape index (κ3) is 3.44. The summed E-state index contributed by atoms with van der Waals surface area (Å²) in [5, 5.41) is 1.14. The van der Waals surface area contributed by atoms with E-state index >= 15 is 0 Å². The molecule has 0 spiro atoms. The molecule has 0 N–H and O–H groups in total. The summed E-state index contributed by atoms with van der Waals surface area (Å²) in [5.41, 5.74) is 3.59. The maximum atomic E-state index is 4.66. The highest BCUT2D eigenvalue weighted by Crippen LogP contribution is 2.26. The lowest BCUT2D eigenvalue weighted by Gasteiger charge is -2.23. The van der Waals surface area contributed by atoms with Crippen molar-refractivity contribution in [1.82, 2.24) is 14.9 Å². The van der Waals surface area contributed by atoms with Gasteiger partial charge in [-0.3, -0.25) is 9.88 Å². The Hall–Kier alpha value is -1.26. The highest BCUT2D eigenvalue weighted by molar-refractivity contribution is 7.11. The molecule has 0 aliphatic heterocycles. The molecule has 20 heavy (non-hydrogen) atoms. The molecular weight excluding hydrogens is 266 g/mol. The topological polar surface area (TPSA) is 29.0 Å². The van der Waals surface area contributed by atoms with Crippen LogP contribution in [-0.2, 0) is 13.0 Å². The molecule has 0 fully saturated rings. The molecule has 2 aromatic heterocycles. The van der Waals surface area contributed by atoms with Crippen LogP contribution in [0.25, 0.3) is 0 Å². The Morgan fingerprint density at radius 3 is 2.55 bits per heavy atom. The van der Waals surface area contributed by atoms with E-state index in [9.17, 15) is 0 Å². The van der Waals surface area contributed by atoms with E-state index in [1.54, 1.807) is 11.3 Å². The summed E-state index contributed by atoms with van der Waals surface area (Å²) < 4.78 is 0. The van der Waals surface area contributed by atoms with Gasteiger partial charge in [-0.25, -0.2) is 4.98 Å². The molecule has 0 radical (unpaired) electrons. The number of hydrogen-bond donors (Lipinski definition) is 0. The van der Waals surface area contributed by atoms with Crippen LogP contribution in [0, 0.1) is 13.8 Å². The summed E-state index contributed by atoms with van der Waals surface area (Å²) in [7, 11) is 2.13. The SMILES string of the molecule is CCc1ccc(CN(C)C(C)c2nc(C)sc2C)nc1. The van der Waals surface area contributed by atoms with E-state index in [2.05, 4.69) is 61.7 Å². The molecule has 3 nitrogen and oxygen atoms in total. The maximum Gasteiger partial charge on any atom is 0.0900 e. The smallest absolute Gasteiger partial charge is 0.0900 e. The minimum Gasteiger partial charge on any atom is -0.292 e. The molecular formula is C16H23N3S. The lowest BCUT2D eigenvalue weighted by Crippen LogP contribution is -2.23. The van der Waals surface area contributed by atoms with Gasteiger partial charge in [-0.15, -0.1) is 11.3 Å². The number of pyridine rings is 1. The molecule has 2 rings (SSSR count). The number of nitrogens with zero attached hydrogens (tertiary/aromatic N) is 3. The molecule has 0 amide bonds. The standard InChI is InChI=1S/C16H23N3S/c1-6-14-7-8-15(17-9-14)10-19(5)11(2)16-12(3)20-13(4)18-16/h7-9,11H,6,10H2,1-5H3. The monoisotopic (exact) mass is 289 g/mol. The van der Waals surface area contributed by atoms with Crippen molar-refractivity contribution >= 4 is 11.3 Å². The Morgan fingerprint density at radius 2 is 2.05 bits per heavy atom. The molecule has 4 heteroatoms. The summed E-state index contributed by atoms with van der Waals surface area (Å²) in [6.45, 7) is 9.43. The Kier molecular flexibility index (Phi) is 4.89. The van der Waals surface area contributed by atoms with Gasteiger partial charge < -0.3 is 0 Å². The van der Waals surface area contributed by atoms with Gasteiger partial charge >= 0.3 is 0 Å². The zero-order valence-electron chi connectivity index (χ0n) is 13.0. The van der Waals surface area contributed by atoms with Crippen LogP contribution < -0.4 is 0 Å². The minimum absolute atomic E-state index is 0.313. The highest BCUT2D eigenvalue weighted by Gasteiger charge is 2.17. The van der Waals surface area contributed by atoms with Crippen molar-refractivity contribution in [2.75, 3.05) is 7.05 Å². The summed E-state index contributed by atoms with van der Waals surface area (Å²) in [5.74, 6) is 0. The number of rotatable bonds is 5. The van der Waals surface area contributed by atoms with E-state index in [0.717, 1.165) is 23.7 Å². The van der Waals surface area contributed by atoms with Gasteiger partial charge in [0.15, 0.2) is 0 Å². The average Bonchev–Trinajstić information content (AvgIpc) is 2.77. The van der Waals surface area contributed by atoms with Crippen molar-refractivity contribution in [3.63, 3.8) is 0 Å². The zero-order chi connectivity index (χ0) is 14.7. The van der Waals surface area contributed by atoms with E-state index in [0.29, 0.717) is 6.04 Å². The molecule has 2 aromatic rings. The molecule has 0 aliphatic rings. The first-order valence-corrected chi connectivity index (χ1v) is 7.91.